The molecule has 0 spiro atoms. The van der Waals surface area contributed by atoms with Crippen LogP contribution in [0.4, 0.5) is 44.2 Å². The Morgan fingerprint density at radius 2 is 1.83 bits per heavy atom. The first-order valence-corrected chi connectivity index (χ1v) is 11.2. The molecule has 1 aliphatic rings. The molecule has 9 nitrogen and oxygen atoms in total. The molecule has 196 valence electrons. The number of carbonyl (C=O) groups excluding carboxylic acids is 2. The topological polar surface area (TPSA) is 90.9 Å². The smallest absolute Gasteiger partial charge is 0.354 e. The minimum Gasteiger partial charge on any atom is -0.354 e. The molecule has 0 fully saturated rings. The van der Waals surface area contributed by atoms with Crippen molar-refractivity contribution in [1.29, 1.82) is 0 Å². The van der Waals surface area contributed by atoms with E-state index in [0.717, 1.165) is 37.8 Å². The van der Waals surface area contributed by atoms with E-state index in [9.17, 15) is 31.5 Å². The number of hydrogen-bond acceptors (Lipinski definition) is 7. The van der Waals surface area contributed by atoms with Crippen molar-refractivity contribution < 1.29 is 36.4 Å². The molecule has 0 saturated carbocycles. The van der Waals surface area contributed by atoms with Crippen LogP contribution in [-0.2, 0) is 16.2 Å². The number of hydroxylamine groups is 2. The number of para-hydroxylation sites is 1. The average Bonchev–Trinajstić information content (AvgIpc) is 2.81. The number of amides is 2. The van der Waals surface area contributed by atoms with Crippen molar-refractivity contribution in [2.45, 2.75) is 33.0 Å². The van der Waals surface area contributed by atoms with E-state index in [1.165, 1.54) is 0 Å². The van der Waals surface area contributed by atoms with Gasteiger partial charge in [-0.1, -0.05) is 31.5 Å². The Balaban J connectivity index is 1.99. The average molecular weight is 537 g/mol. The van der Waals surface area contributed by atoms with Crippen LogP contribution in [0.25, 0.3) is 0 Å². The third-order valence-corrected chi connectivity index (χ3v) is 5.58. The van der Waals surface area contributed by atoms with Gasteiger partial charge in [0.25, 0.3) is 0 Å². The van der Waals surface area contributed by atoms with Gasteiger partial charge in [0.05, 0.1) is 12.1 Å². The molecule has 3 rings (SSSR count). The number of rotatable bonds is 9. The fourth-order valence-corrected chi connectivity index (χ4v) is 3.65. The van der Waals surface area contributed by atoms with Crippen molar-refractivity contribution in [3.05, 3.63) is 40.6 Å². The summed E-state index contributed by atoms with van der Waals surface area (Å²) in [4.78, 5) is 39.2. The van der Waals surface area contributed by atoms with Crippen LogP contribution in [0, 0.1) is 11.6 Å². The molecule has 1 aromatic heterocycles. The number of alkyl halides is 3. The van der Waals surface area contributed by atoms with Crippen molar-refractivity contribution in [3.63, 3.8) is 0 Å². The lowest BCUT2D eigenvalue weighted by Crippen LogP contribution is -2.48. The predicted molar refractivity (Wildman–Crippen MR) is 120 cm³/mol. The molecule has 0 bridgehead atoms. The van der Waals surface area contributed by atoms with Gasteiger partial charge in [-0.2, -0.15) is 18.2 Å². The second-order valence-corrected chi connectivity index (χ2v) is 7.91. The molecule has 0 atom stereocenters. The SMILES string of the molecule is CCN(CC)CCCNc1nc(Cl)c2c(n1)N(c1c(F)cccc1F)C(=O)N(OC(=O)C(F)(F)F)C2. The van der Waals surface area contributed by atoms with Gasteiger partial charge in [0.2, 0.25) is 5.95 Å². The van der Waals surface area contributed by atoms with Gasteiger partial charge in [0.1, 0.15) is 22.5 Å². The van der Waals surface area contributed by atoms with Crippen LogP contribution in [0.1, 0.15) is 25.8 Å². The minimum atomic E-state index is -5.44. The number of fused-ring (bicyclic) bond motifs is 1. The third-order valence-electron chi connectivity index (χ3n) is 5.27. The second kappa shape index (κ2) is 11.2. The van der Waals surface area contributed by atoms with Crippen LogP contribution in [-0.4, -0.2) is 64.3 Å². The molecule has 36 heavy (non-hydrogen) atoms. The number of halogens is 6. The summed E-state index contributed by atoms with van der Waals surface area (Å²) in [6.45, 7) is 6.13. The standard InChI is InChI=1S/C21H22ClF5N6O3/c1-3-31(4-2)10-6-9-28-19-29-16(22)12-11-32(36-18(34)21(25,26)27)20(35)33(17(12)30-19)15-13(23)7-5-8-14(15)24/h5,7-8H,3-4,6,9-11H2,1-2H3,(H,28,29,30). The molecule has 2 aromatic rings. The Hall–Kier alpha value is -3.26. The number of nitrogens with zero attached hydrogens (tertiary/aromatic N) is 5. The maximum absolute atomic E-state index is 14.6. The van der Waals surface area contributed by atoms with Crippen LogP contribution < -0.4 is 10.2 Å². The number of hydrogen-bond donors (Lipinski definition) is 1. The minimum absolute atomic E-state index is 0.0174. The van der Waals surface area contributed by atoms with Crippen LogP contribution in [0.3, 0.4) is 0 Å². The predicted octanol–water partition coefficient (Wildman–Crippen LogP) is 4.65. The maximum Gasteiger partial charge on any atom is 0.493 e. The van der Waals surface area contributed by atoms with E-state index in [2.05, 4.69) is 25.0 Å². The largest absolute Gasteiger partial charge is 0.493 e. The van der Waals surface area contributed by atoms with Gasteiger partial charge >= 0.3 is 18.2 Å². The summed E-state index contributed by atoms with van der Waals surface area (Å²) in [6.07, 6.45) is -4.75. The molecule has 0 unspecified atom stereocenters. The first kappa shape index (κ1) is 27.3. The van der Waals surface area contributed by atoms with Crippen LogP contribution in [0.5, 0.6) is 0 Å². The van der Waals surface area contributed by atoms with Gasteiger partial charge in [-0.3, -0.25) is 0 Å². The van der Waals surface area contributed by atoms with Crippen molar-refractivity contribution in [2.24, 2.45) is 0 Å². The van der Waals surface area contributed by atoms with E-state index in [0.29, 0.717) is 17.9 Å². The Bertz CT molecular complexity index is 1110. The van der Waals surface area contributed by atoms with Crippen molar-refractivity contribution in [1.82, 2.24) is 19.9 Å². The Morgan fingerprint density at radius 3 is 2.42 bits per heavy atom. The molecule has 0 aliphatic carbocycles. The van der Waals surface area contributed by atoms with Gasteiger partial charge in [-0.25, -0.2) is 28.3 Å². The van der Waals surface area contributed by atoms with Gasteiger partial charge in [0.15, 0.2) is 5.82 Å². The summed E-state index contributed by atoms with van der Waals surface area (Å²) in [5, 5.41) is 2.57. The fourth-order valence-electron chi connectivity index (χ4n) is 3.43. The van der Waals surface area contributed by atoms with E-state index in [1.54, 1.807) is 0 Å². The molecule has 15 heteroatoms. The summed E-state index contributed by atoms with van der Waals surface area (Å²) >= 11 is 6.21. The number of nitrogens with one attached hydrogen (secondary N) is 1. The molecule has 1 aliphatic heterocycles. The number of aromatic nitrogens is 2. The van der Waals surface area contributed by atoms with Gasteiger partial charge in [-0.15, -0.1) is 5.06 Å². The zero-order chi connectivity index (χ0) is 26.6. The number of benzene rings is 1. The third kappa shape index (κ3) is 5.93. The first-order chi connectivity index (χ1) is 17.0. The quantitative estimate of drug-likeness (QED) is 0.283. The highest BCUT2D eigenvalue weighted by Gasteiger charge is 2.46. The summed E-state index contributed by atoms with van der Waals surface area (Å²) in [7, 11) is 0. The molecule has 2 amide bonds. The van der Waals surface area contributed by atoms with Crippen LogP contribution in [0.15, 0.2) is 18.2 Å². The van der Waals surface area contributed by atoms with Gasteiger partial charge in [-0.05, 0) is 38.2 Å². The van der Waals surface area contributed by atoms with E-state index >= 15 is 0 Å². The summed E-state index contributed by atoms with van der Waals surface area (Å²) in [5.41, 5.74) is -1.14. The molecular formula is C21H22ClF5N6O3. The lowest BCUT2D eigenvalue weighted by atomic mass is 10.2. The Kier molecular flexibility index (Phi) is 8.51. The Labute approximate surface area is 207 Å². The van der Waals surface area contributed by atoms with E-state index < -0.39 is 42.0 Å². The zero-order valence-electron chi connectivity index (χ0n) is 19.2. The normalized spacial score (nSPS) is 13.8. The fraction of sp³-hybridized carbons (Fsp3) is 0.429. The maximum atomic E-state index is 14.6. The lowest BCUT2D eigenvalue weighted by molar-refractivity contribution is -0.229. The summed E-state index contributed by atoms with van der Waals surface area (Å²) < 4.78 is 67.5. The van der Waals surface area contributed by atoms with Gasteiger partial charge < -0.3 is 15.1 Å². The summed E-state index contributed by atoms with van der Waals surface area (Å²) in [6, 6.07) is 1.20. The van der Waals surface area contributed by atoms with Crippen molar-refractivity contribution in [2.75, 3.05) is 36.4 Å². The molecule has 0 saturated heterocycles. The van der Waals surface area contributed by atoms with Crippen molar-refractivity contribution in [3.8, 4) is 0 Å². The monoisotopic (exact) mass is 536 g/mol. The zero-order valence-corrected chi connectivity index (χ0v) is 20.0. The highest BCUT2D eigenvalue weighted by molar-refractivity contribution is 6.31. The molecule has 0 radical (unpaired) electrons. The Morgan fingerprint density at radius 1 is 1.19 bits per heavy atom. The number of urea groups is 1. The highest BCUT2D eigenvalue weighted by atomic mass is 35.5. The highest BCUT2D eigenvalue weighted by Crippen LogP contribution is 2.39. The molecule has 2 heterocycles. The molecule has 1 N–H and O–H groups in total. The van der Waals surface area contributed by atoms with E-state index in [4.69, 9.17) is 11.6 Å². The van der Waals surface area contributed by atoms with Crippen LogP contribution in [0.2, 0.25) is 5.15 Å². The summed E-state index contributed by atoms with van der Waals surface area (Å²) in [5.74, 6) is -5.61. The molecular weight excluding hydrogens is 515 g/mol. The number of carbonyl (C=O) groups is 2. The van der Waals surface area contributed by atoms with Crippen LogP contribution >= 0.6 is 11.6 Å². The van der Waals surface area contributed by atoms with E-state index in [-0.39, 0.29) is 27.5 Å². The molecule has 1 aromatic carbocycles. The first-order valence-electron chi connectivity index (χ1n) is 10.8. The van der Waals surface area contributed by atoms with Crippen molar-refractivity contribution >= 4 is 41.1 Å². The lowest BCUT2D eigenvalue weighted by Gasteiger charge is -2.35. The second-order valence-electron chi connectivity index (χ2n) is 7.55. The van der Waals surface area contributed by atoms with Gasteiger partial charge in [0, 0.05) is 6.54 Å². The number of anilines is 3. The van der Waals surface area contributed by atoms with E-state index in [1.807, 2.05) is 13.8 Å².